The first-order chi connectivity index (χ1) is 11.2. The maximum Gasteiger partial charge on any atom is 0.243 e. The highest BCUT2D eigenvalue weighted by Crippen LogP contribution is 2.13. The number of rotatable bonds is 5. The molecule has 2 heterocycles. The lowest BCUT2D eigenvalue weighted by molar-refractivity contribution is -0.124. The van der Waals surface area contributed by atoms with Crippen LogP contribution in [0.1, 0.15) is 0 Å². The molecule has 0 aliphatic carbocycles. The van der Waals surface area contributed by atoms with E-state index >= 15 is 0 Å². The fraction of sp³-hybridized carbons (Fsp3) is 0.429. The van der Waals surface area contributed by atoms with E-state index in [1.807, 2.05) is 0 Å². The Morgan fingerprint density at radius 1 is 1.35 bits per heavy atom. The number of ether oxygens (including phenoxy) is 2. The van der Waals surface area contributed by atoms with Crippen molar-refractivity contribution in [3.8, 4) is 11.4 Å². The van der Waals surface area contributed by atoms with E-state index in [9.17, 15) is 9.18 Å². The van der Waals surface area contributed by atoms with E-state index in [0.717, 1.165) is 0 Å². The van der Waals surface area contributed by atoms with Crippen LogP contribution in [0.5, 0.6) is 0 Å². The van der Waals surface area contributed by atoms with Crippen molar-refractivity contribution in [1.29, 1.82) is 0 Å². The monoisotopic (exact) mass is 321 g/mol. The van der Waals surface area contributed by atoms with Gasteiger partial charge >= 0.3 is 0 Å². The van der Waals surface area contributed by atoms with Crippen LogP contribution in [0, 0.1) is 5.82 Å². The number of tetrazole rings is 1. The molecule has 9 heteroatoms. The number of carbonyl (C=O) groups is 1. The average molecular weight is 321 g/mol. The molecule has 1 unspecified atom stereocenters. The normalized spacial score (nSPS) is 17.9. The van der Waals surface area contributed by atoms with Crippen LogP contribution in [0.15, 0.2) is 24.3 Å². The summed E-state index contributed by atoms with van der Waals surface area (Å²) in [6.07, 6.45) is -0.133. The van der Waals surface area contributed by atoms with E-state index in [4.69, 9.17) is 9.47 Å². The van der Waals surface area contributed by atoms with Crippen molar-refractivity contribution in [3.63, 3.8) is 0 Å². The van der Waals surface area contributed by atoms with E-state index in [2.05, 4.69) is 20.7 Å². The molecule has 1 aromatic heterocycles. The SMILES string of the molecule is O=C(Cn1nnc(-c2ccc(F)cc2)n1)NCC1COCCO1. The molecule has 2 aromatic rings. The Morgan fingerprint density at radius 2 is 2.17 bits per heavy atom. The number of aromatic nitrogens is 4. The summed E-state index contributed by atoms with van der Waals surface area (Å²) in [4.78, 5) is 13.0. The van der Waals surface area contributed by atoms with Gasteiger partial charge in [0, 0.05) is 12.1 Å². The van der Waals surface area contributed by atoms with Gasteiger partial charge < -0.3 is 14.8 Å². The maximum absolute atomic E-state index is 12.9. The fourth-order valence-corrected chi connectivity index (χ4v) is 2.09. The minimum atomic E-state index is -0.338. The topological polar surface area (TPSA) is 91.2 Å². The summed E-state index contributed by atoms with van der Waals surface area (Å²) in [6, 6.07) is 5.73. The minimum Gasteiger partial charge on any atom is -0.376 e. The Balaban J connectivity index is 1.51. The van der Waals surface area contributed by atoms with E-state index < -0.39 is 0 Å². The van der Waals surface area contributed by atoms with E-state index in [1.165, 1.54) is 16.9 Å². The van der Waals surface area contributed by atoms with Crippen LogP contribution < -0.4 is 5.32 Å². The molecule has 1 saturated heterocycles. The molecule has 0 bridgehead atoms. The van der Waals surface area contributed by atoms with Crippen LogP contribution in [0.3, 0.4) is 0 Å². The predicted octanol–water partition coefficient (Wildman–Crippen LogP) is 0.0108. The lowest BCUT2D eigenvalue weighted by Gasteiger charge is -2.22. The zero-order valence-electron chi connectivity index (χ0n) is 12.3. The quantitative estimate of drug-likeness (QED) is 0.834. The average Bonchev–Trinajstić information content (AvgIpc) is 3.03. The lowest BCUT2D eigenvalue weighted by atomic mass is 10.2. The molecule has 23 heavy (non-hydrogen) atoms. The molecule has 1 atom stereocenters. The van der Waals surface area contributed by atoms with Crippen LogP contribution in [-0.4, -0.2) is 58.6 Å². The first-order valence-electron chi connectivity index (χ1n) is 7.20. The second-order valence-electron chi connectivity index (χ2n) is 5.02. The molecule has 0 saturated carbocycles. The van der Waals surface area contributed by atoms with Crippen LogP contribution in [-0.2, 0) is 20.8 Å². The molecule has 1 amide bonds. The van der Waals surface area contributed by atoms with Crippen molar-refractivity contribution in [2.45, 2.75) is 12.6 Å². The summed E-state index contributed by atoms with van der Waals surface area (Å²) in [5.74, 6) is -0.251. The zero-order valence-corrected chi connectivity index (χ0v) is 12.3. The Hall–Kier alpha value is -2.39. The van der Waals surface area contributed by atoms with Crippen molar-refractivity contribution < 1.29 is 18.7 Å². The van der Waals surface area contributed by atoms with Crippen molar-refractivity contribution in [1.82, 2.24) is 25.5 Å². The third-order valence-corrected chi connectivity index (χ3v) is 3.25. The van der Waals surface area contributed by atoms with Gasteiger partial charge in [-0.2, -0.15) is 4.80 Å². The molecule has 1 aliphatic heterocycles. The number of carbonyl (C=O) groups excluding carboxylic acids is 1. The molecular formula is C14H16FN5O3. The van der Waals surface area contributed by atoms with E-state index in [-0.39, 0.29) is 24.4 Å². The van der Waals surface area contributed by atoms with Crippen molar-refractivity contribution in [2.24, 2.45) is 0 Å². The van der Waals surface area contributed by atoms with Crippen LogP contribution in [0.2, 0.25) is 0 Å². The van der Waals surface area contributed by atoms with Gasteiger partial charge in [-0.15, -0.1) is 10.2 Å². The van der Waals surface area contributed by atoms with Gasteiger partial charge in [0.25, 0.3) is 0 Å². The van der Waals surface area contributed by atoms with E-state index in [0.29, 0.717) is 37.8 Å². The number of hydrogen-bond acceptors (Lipinski definition) is 6. The van der Waals surface area contributed by atoms with Crippen LogP contribution >= 0.6 is 0 Å². The van der Waals surface area contributed by atoms with Crippen molar-refractivity contribution in [3.05, 3.63) is 30.1 Å². The molecule has 0 spiro atoms. The number of amides is 1. The summed E-state index contributed by atoms with van der Waals surface area (Å²) >= 11 is 0. The highest BCUT2D eigenvalue weighted by molar-refractivity contribution is 5.75. The Labute approximate surface area is 131 Å². The summed E-state index contributed by atoms with van der Waals surface area (Å²) < 4.78 is 23.6. The van der Waals surface area contributed by atoms with Crippen molar-refractivity contribution >= 4 is 5.91 Å². The van der Waals surface area contributed by atoms with Gasteiger partial charge in [-0.05, 0) is 29.5 Å². The Bertz CT molecular complexity index is 655. The molecule has 3 rings (SSSR count). The molecule has 122 valence electrons. The fourth-order valence-electron chi connectivity index (χ4n) is 2.09. The lowest BCUT2D eigenvalue weighted by Crippen LogP contribution is -2.40. The van der Waals surface area contributed by atoms with Gasteiger partial charge in [-0.1, -0.05) is 0 Å². The molecule has 1 aromatic carbocycles. The molecule has 1 fully saturated rings. The second kappa shape index (κ2) is 7.25. The number of nitrogens with zero attached hydrogens (tertiary/aromatic N) is 4. The number of hydrogen-bond donors (Lipinski definition) is 1. The first-order valence-corrected chi connectivity index (χ1v) is 7.20. The van der Waals surface area contributed by atoms with Gasteiger partial charge in [0.05, 0.1) is 25.9 Å². The second-order valence-corrected chi connectivity index (χ2v) is 5.02. The smallest absolute Gasteiger partial charge is 0.243 e. The van der Waals surface area contributed by atoms with Crippen LogP contribution in [0.25, 0.3) is 11.4 Å². The van der Waals surface area contributed by atoms with Gasteiger partial charge in [-0.3, -0.25) is 4.79 Å². The highest BCUT2D eigenvalue weighted by Gasteiger charge is 2.16. The van der Waals surface area contributed by atoms with Crippen LogP contribution in [0.4, 0.5) is 4.39 Å². The molecule has 1 aliphatic rings. The summed E-state index contributed by atoms with van der Waals surface area (Å²) in [5, 5.41) is 14.5. The largest absolute Gasteiger partial charge is 0.376 e. The van der Waals surface area contributed by atoms with E-state index in [1.54, 1.807) is 12.1 Å². The zero-order chi connectivity index (χ0) is 16.1. The molecule has 8 nitrogen and oxygen atoms in total. The molecule has 0 radical (unpaired) electrons. The summed E-state index contributed by atoms with van der Waals surface area (Å²) in [6.45, 7) is 1.91. The van der Waals surface area contributed by atoms with Gasteiger partial charge in [0.1, 0.15) is 12.4 Å². The first kappa shape index (κ1) is 15.5. The third kappa shape index (κ3) is 4.30. The minimum absolute atomic E-state index is 0.0538. The summed E-state index contributed by atoms with van der Waals surface area (Å²) in [7, 11) is 0. The molecular weight excluding hydrogens is 305 g/mol. The number of benzene rings is 1. The maximum atomic E-state index is 12.9. The third-order valence-electron chi connectivity index (χ3n) is 3.25. The van der Waals surface area contributed by atoms with Crippen molar-refractivity contribution in [2.75, 3.05) is 26.4 Å². The highest BCUT2D eigenvalue weighted by atomic mass is 19.1. The number of halogens is 1. The summed E-state index contributed by atoms with van der Waals surface area (Å²) in [5.41, 5.74) is 0.630. The number of nitrogens with one attached hydrogen (secondary N) is 1. The Kier molecular flexibility index (Phi) is 4.89. The van der Waals surface area contributed by atoms with Gasteiger partial charge in [-0.25, -0.2) is 4.39 Å². The molecule has 1 N–H and O–H groups in total. The van der Waals surface area contributed by atoms with Gasteiger partial charge in [0.2, 0.25) is 11.7 Å². The predicted molar refractivity (Wildman–Crippen MR) is 76.8 cm³/mol. The Morgan fingerprint density at radius 3 is 2.91 bits per heavy atom. The van der Waals surface area contributed by atoms with Gasteiger partial charge in [0.15, 0.2) is 0 Å². The standard InChI is InChI=1S/C14H16FN5O3/c15-11-3-1-10(2-4-11)14-17-19-20(18-14)8-13(21)16-7-12-9-22-5-6-23-12/h1-4,12H,5-9H2,(H,16,21).